The molecule has 2 aromatic rings. The summed E-state index contributed by atoms with van der Waals surface area (Å²) in [5, 5.41) is 7.37. The molecule has 0 bridgehead atoms. The van der Waals surface area contributed by atoms with E-state index in [1.54, 1.807) is 6.21 Å². The van der Waals surface area contributed by atoms with E-state index in [4.69, 9.17) is 20.9 Å². The Bertz CT molecular complexity index is 738. The minimum atomic E-state index is -0.0885. The van der Waals surface area contributed by atoms with Crippen LogP contribution in [0.4, 0.5) is 0 Å². The zero-order valence-corrected chi connectivity index (χ0v) is 13.9. The van der Waals surface area contributed by atoms with E-state index in [0.717, 1.165) is 11.1 Å². The van der Waals surface area contributed by atoms with Gasteiger partial charge in [0.25, 0.3) is 0 Å². The summed E-state index contributed by atoms with van der Waals surface area (Å²) in [6, 6.07) is 13.7. The predicted octanol–water partition coefficient (Wildman–Crippen LogP) is 2.58. The van der Waals surface area contributed by atoms with E-state index < -0.39 is 0 Å². The lowest BCUT2D eigenvalue weighted by molar-refractivity contribution is 0.269. The maximum Gasteiger partial charge on any atom is 0.211 e. The van der Waals surface area contributed by atoms with E-state index in [0.29, 0.717) is 24.7 Å². The third-order valence-electron chi connectivity index (χ3n) is 3.29. The first kappa shape index (κ1) is 17.3. The number of hydrogen-bond donors (Lipinski definition) is 2. The Balaban J connectivity index is 2.15. The average Bonchev–Trinajstić information content (AvgIpc) is 2.55. The molecular weight excluding hydrogens is 304 g/mol. The lowest BCUT2D eigenvalue weighted by Crippen LogP contribution is -2.21. The van der Waals surface area contributed by atoms with Gasteiger partial charge in [-0.2, -0.15) is 5.10 Å². The third kappa shape index (κ3) is 5.01. The van der Waals surface area contributed by atoms with Crippen molar-refractivity contribution in [3.8, 4) is 11.5 Å². The zero-order chi connectivity index (χ0) is 17.4. The summed E-state index contributed by atoms with van der Waals surface area (Å²) in [6.45, 7) is 5.00. The molecule has 24 heavy (non-hydrogen) atoms. The second-order valence-corrected chi connectivity index (χ2v) is 5.12. The number of nitrogens with zero attached hydrogens (tertiary/aromatic N) is 2. The van der Waals surface area contributed by atoms with Gasteiger partial charge in [0.15, 0.2) is 11.5 Å². The topological polar surface area (TPSA) is 95.2 Å². The molecule has 0 saturated carbocycles. The molecule has 0 radical (unpaired) electrons. The Kier molecular flexibility index (Phi) is 6.19. The van der Waals surface area contributed by atoms with Crippen molar-refractivity contribution in [1.82, 2.24) is 0 Å². The fourth-order valence-corrected chi connectivity index (χ4v) is 2.08. The molecule has 6 nitrogen and oxygen atoms in total. The van der Waals surface area contributed by atoms with E-state index in [9.17, 15) is 0 Å². The number of benzene rings is 2. The van der Waals surface area contributed by atoms with Gasteiger partial charge < -0.3 is 20.9 Å². The molecule has 0 atom stereocenters. The van der Waals surface area contributed by atoms with Gasteiger partial charge in [-0.25, -0.2) is 0 Å². The number of guanidine groups is 1. The number of rotatable bonds is 7. The Labute approximate surface area is 141 Å². The Morgan fingerprint density at radius 2 is 1.88 bits per heavy atom. The first-order chi connectivity index (χ1) is 11.6. The average molecular weight is 326 g/mol. The SMILES string of the molecule is CCOc1cc(/C=N\N=C(N)N)ccc1OCc1ccccc1C. The van der Waals surface area contributed by atoms with Crippen LogP contribution in [-0.4, -0.2) is 18.8 Å². The zero-order valence-electron chi connectivity index (χ0n) is 13.9. The molecule has 0 amide bonds. The number of aryl methyl sites for hydroxylation is 1. The fourth-order valence-electron chi connectivity index (χ4n) is 2.08. The molecule has 0 aliphatic rings. The van der Waals surface area contributed by atoms with Gasteiger partial charge in [0.05, 0.1) is 12.8 Å². The summed E-state index contributed by atoms with van der Waals surface area (Å²) in [4.78, 5) is 0. The third-order valence-corrected chi connectivity index (χ3v) is 3.29. The van der Waals surface area contributed by atoms with Gasteiger partial charge in [-0.3, -0.25) is 0 Å². The van der Waals surface area contributed by atoms with Crippen LogP contribution in [0, 0.1) is 6.92 Å². The summed E-state index contributed by atoms with van der Waals surface area (Å²) in [7, 11) is 0. The highest BCUT2D eigenvalue weighted by Gasteiger charge is 2.07. The highest BCUT2D eigenvalue weighted by molar-refractivity contribution is 5.82. The number of ether oxygens (including phenoxy) is 2. The van der Waals surface area contributed by atoms with Crippen LogP contribution in [0.15, 0.2) is 52.7 Å². The van der Waals surface area contributed by atoms with Crippen LogP contribution in [0.5, 0.6) is 11.5 Å². The molecule has 0 spiro atoms. The quantitative estimate of drug-likeness (QED) is 0.464. The Hall–Kier alpha value is -3.02. The van der Waals surface area contributed by atoms with Gasteiger partial charge in [-0.15, -0.1) is 5.10 Å². The molecule has 0 fully saturated rings. The Morgan fingerprint density at radius 3 is 2.58 bits per heavy atom. The van der Waals surface area contributed by atoms with E-state index >= 15 is 0 Å². The molecule has 0 aliphatic heterocycles. The summed E-state index contributed by atoms with van der Waals surface area (Å²) < 4.78 is 11.6. The van der Waals surface area contributed by atoms with Crippen molar-refractivity contribution in [2.24, 2.45) is 21.7 Å². The summed E-state index contributed by atoms with van der Waals surface area (Å²) in [6.07, 6.45) is 1.55. The van der Waals surface area contributed by atoms with Crippen molar-refractivity contribution in [3.05, 3.63) is 59.2 Å². The molecular formula is C18H22N4O2. The number of nitrogens with two attached hydrogens (primary N) is 2. The van der Waals surface area contributed by atoms with Gasteiger partial charge >= 0.3 is 0 Å². The Morgan fingerprint density at radius 1 is 1.08 bits per heavy atom. The maximum atomic E-state index is 5.92. The monoisotopic (exact) mass is 326 g/mol. The molecule has 0 aromatic heterocycles. The molecule has 0 heterocycles. The van der Waals surface area contributed by atoms with Gasteiger partial charge in [-0.05, 0) is 48.7 Å². The summed E-state index contributed by atoms with van der Waals surface area (Å²) in [5.74, 6) is 1.24. The van der Waals surface area contributed by atoms with Crippen molar-refractivity contribution >= 4 is 12.2 Å². The van der Waals surface area contributed by atoms with Crippen LogP contribution in [0.1, 0.15) is 23.6 Å². The first-order valence-electron chi connectivity index (χ1n) is 7.66. The van der Waals surface area contributed by atoms with Gasteiger partial charge in [0.2, 0.25) is 5.96 Å². The molecule has 0 unspecified atom stereocenters. The molecule has 0 saturated heterocycles. The lowest BCUT2D eigenvalue weighted by atomic mass is 10.1. The van der Waals surface area contributed by atoms with Crippen LogP contribution in [0.25, 0.3) is 0 Å². The van der Waals surface area contributed by atoms with Crippen molar-refractivity contribution in [2.45, 2.75) is 20.5 Å². The second kappa shape index (κ2) is 8.57. The van der Waals surface area contributed by atoms with Crippen molar-refractivity contribution in [2.75, 3.05) is 6.61 Å². The highest BCUT2D eigenvalue weighted by atomic mass is 16.5. The fraction of sp³-hybridized carbons (Fsp3) is 0.222. The predicted molar refractivity (Wildman–Crippen MR) is 96.5 cm³/mol. The van der Waals surface area contributed by atoms with Crippen LogP contribution in [-0.2, 0) is 6.61 Å². The minimum Gasteiger partial charge on any atom is -0.490 e. The van der Waals surface area contributed by atoms with Gasteiger partial charge in [-0.1, -0.05) is 24.3 Å². The van der Waals surface area contributed by atoms with Crippen LogP contribution >= 0.6 is 0 Å². The first-order valence-corrected chi connectivity index (χ1v) is 7.66. The lowest BCUT2D eigenvalue weighted by Gasteiger charge is -2.13. The van der Waals surface area contributed by atoms with E-state index in [1.165, 1.54) is 5.56 Å². The molecule has 126 valence electrons. The number of hydrogen-bond acceptors (Lipinski definition) is 4. The van der Waals surface area contributed by atoms with Crippen molar-refractivity contribution < 1.29 is 9.47 Å². The second-order valence-electron chi connectivity index (χ2n) is 5.12. The van der Waals surface area contributed by atoms with E-state index in [-0.39, 0.29) is 5.96 Å². The van der Waals surface area contributed by atoms with Crippen LogP contribution in [0.2, 0.25) is 0 Å². The normalized spacial score (nSPS) is 10.6. The molecule has 4 N–H and O–H groups in total. The molecule has 6 heteroatoms. The van der Waals surface area contributed by atoms with Gasteiger partial charge in [0.1, 0.15) is 6.61 Å². The van der Waals surface area contributed by atoms with Crippen LogP contribution in [0.3, 0.4) is 0 Å². The minimum absolute atomic E-state index is 0.0885. The van der Waals surface area contributed by atoms with Gasteiger partial charge in [0, 0.05) is 0 Å². The smallest absolute Gasteiger partial charge is 0.211 e. The molecule has 2 rings (SSSR count). The van der Waals surface area contributed by atoms with Crippen molar-refractivity contribution in [1.29, 1.82) is 0 Å². The summed E-state index contributed by atoms with van der Waals surface area (Å²) >= 11 is 0. The van der Waals surface area contributed by atoms with Crippen LogP contribution < -0.4 is 20.9 Å². The summed E-state index contributed by atoms with van der Waals surface area (Å²) in [5.41, 5.74) is 13.6. The maximum absolute atomic E-state index is 5.92. The largest absolute Gasteiger partial charge is 0.490 e. The highest BCUT2D eigenvalue weighted by Crippen LogP contribution is 2.29. The van der Waals surface area contributed by atoms with E-state index in [2.05, 4.69) is 23.2 Å². The molecule has 0 aliphatic carbocycles. The van der Waals surface area contributed by atoms with E-state index in [1.807, 2.05) is 43.3 Å². The molecule has 2 aromatic carbocycles. The van der Waals surface area contributed by atoms with Crippen molar-refractivity contribution in [3.63, 3.8) is 0 Å². The standard InChI is InChI=1S/C18H22N4O2/c1-3-23-17-10-14(11-21-22-18(19)20)8-9-16(17)24-12-15-7-5-4-6-13(15)2/h4-11H,3,12H2,1-2H3,(H4,19,20,22)/b21-11-.